The lowest BCUT2D eigenvalue weighted by molar-refractivity contribution is 0.0994. The zero-order valence-corrected chi connectivity index (χ0v) is 10.6. The molecule has 94 valence electrons. The first-order chi connectivity index (χ1) is 9.75. The summed E-state index contributed by atoms with van der Waals surface area (Å²) in [6.45, 7) is 0. The van der Waals surface area contributed by atoms with E-state index in [4.69, 9.17) is 0 Å². The molecule has 0 atom stereocenters. The van der Waals surface area contributed by atoms with Crippen molar-refractivity contribution in [1.29, 1.82) is 0 Å². The third-order valence-corrected chi connectivity index (χ3v) is 3.08. The van der Waals surface area contributed by atoms with Gasteiger partial charge in [-0.05, 0) is 30.4 Å². The maximum Gasteiger partial charge on any atom is 0.187 e. The van der Waals surface area contributed by atoms with Crippen LogP contribution in [0.3, 0.4) is 0 Å². The van der Waals surface area contributed by atoms with Crippen molar-refractivity contribution < 1.29 is 9.59 Å². The number of carbonyl (C=O) groups excluding carboxylic acids is 2. The average molecular weight is 258 g/mol. The number of rotatable bonds is 0. The van der Waals surface area contributed by atoms with Crippen molar-refractivity contribution in [2.24, 2.45) is 0 Å². The summed E-state index contributed by atoms with van der Waals surface area (Å²) in [7, 11) is 0. The summed E-state index contributed by atoms with van der Waals surface area (Å²) in [6, 6.07) is 14.7. The van der Waals surface area contributed by atoms with E-state index in [1.807, 2.05) is 30.3 Å². The van der Waals surface area contributed by atoms with Crippen molar-refractivity contribution in [3.8, 4) is 11.8 Å². The van der Waals surface area contributed by atoms with Gasteiger partial charge in [-0.15, -0.1) is 0 Å². The minimum Gasteiger partial charge on any atom is -0.289 e. The minimum absolute atomic E-state index is 0.150. The number of ketones is 2. The topological polar surface area (TPSA) is 34.1 Å². The average Bonchev–Trinajstić information content (AvgIpc) is 2.50. The lowest BCUT2D eigenvalue weighted by Gasteiger charge is -2.10. The van der Waals surface area contributed by atoms with Crippen LogP contribution in [-0.2, 0) is 0 Å². The van der Waals surface area contributed by atoms with Gasteiger partial charge in [0.2, 0.25) is 0 Å². The van der Waals surface area contributed by atoms with E-state index in [0.717, 1.165) is 5.56 Å². The van der Waals surface area contributed by atoms with Gasteiger partial charge in [0.1, 0.15) is 0 Å². The van der Waals surface area contributed by atoms with Crippen LogP contribution in [0.2, 0.25) is 0 Å². The molecule has 2 heteroatoms. The van der Waals surface area contributed by atoms with Crippen LogP contribution in [0.1, 0.15) is 31.8 Å². The van der Waals surface area contributed by atoms with Gasteiger partial charge < -0.3 is 0 Å². The second-order valence-corrected chi connectivity index (χ2v) is 4.41. The predicted octanol–water partition coefficient (Wildman–Crippen LogP) is 3.02. The predicted molar refractivity (Wildman–Crippen MR) is 76.7 cm³/mol. The lowest BCUT2D eigenvalue weighted by atomic mass is 9.91. The SMILES string of the molecule is O=C1C=CC(=O)c2c(C#Cc3ccccc3)cccc21. The van der Waals surface area contributed by atoms with Crippen LogP contribution in [0.4, 0.5) is 0 Å². The summed E-state index contributed by atoms with van der Waals surface area (Å²) >= 11 is 0. The molecule has 0 N–H and O–H groups in total. The lowest BCUT2D eigenvalue weighted by Crippen LogP contribution is -2.13. The molecular weight excluding hydrogens is 248 g/mol. The second kappa shape index (κ2) is 4.99. The zero-order chi connectivity index (χ0) is 13.9. The van der Waals surface area contributed by atoms with E-state index >= 15 is 0 Å². The summed E-state index contributed by atoms with van der Waals surface area (Å²) in [5, 5.41) is 0. The van der Waals surface area contributed by atoms with Crippen molar-refractivity contribution in [1.82, 2.24) is 0 Å². The van der Waals surface area contributed by atoms with E-state index in [1.165, 1.54) is 12.2 Å². The fourth-order valence-corrected chi connectivity index (χ4v) is 2.11. The van der Waals surface area contributed by atoms with Gasteiger partial charge in [-0.25, -0.2) is 0 Å². The van der Waals surface area contributed by atoms with Gasteiger partial charge in [-0.1, -0.05) is 42.2 Å². The van der Waals surface area contributed by atoms with Gasteiger partial charge in [0.15, 0.2) is 11.6 Å². The highest BCUT2D eigenvalue weighted by atomic mass is 16.1. The standard InChI is InChI=1S/C18H10O2/c19-16-11-12-17(20)18-14(7-4-8-15(16)18)10-9-13-5-2-1-3-6-13/h1-8,11-12H. The maximum atomic E-state index is 12.0. The Bertz CT molecular complexity index is 787. The molecule has 0 saturated heterocycles. The molecule has 2 aromatic carbocycles. The molecule has 0 heterocycles. The highest BCUT2D eigenvalue weighted by Crippen LogP contribution is 2.20. The molecule has 0 saturated carbocycles. The van der Waals surface area contributed by atoms with Crippen LogP contribution < -0.4 is 0 Å². The van der Waals surface area contributed by atoms with Crippen molar-refractivity contribution in [3.63, 3.8) is 0 Å². The zero-order valence-electron chi connectivity index (χ0n) is 10.6. The first-order valence-electron chi connectivity index (χ1n) is 6.22. The number of hydrogen-bond acceptors (Lipinski definition) is 2. The van der Waals surface area contributed by atoms with Gasteiger partial charge in [-0.3, -0.25) is 9.59 Å². The normalized spacial score (nSPS) is 12.6. The number of allylic oxidation sites excluding steroid dienone is 2. The third-order valence-electron chi connectivity index (χ3n) is 3.08. The van der Waals surface area contributed by atoms with Crippen LogP contribution >= 0.6 is 0 Å². The largest absolute Gasteiger partial charge is 0.289 e. The molecule has 1 aliphatic carbocycles. The number of carbonyl (C=O) groups is 2. The fourth-order valence-electron chi connectivity index (χ4n) is 2.11. The van der Waals surface area contributed by atoms with Crippen molar-refractivity contribution in [2.75, 3.05) is 0 Å². The summed E-state index contributed by atoms with van der Waals surface area (Å²) in [5.74, 6) is 5.67. The molecule has 3 rings (SSSR count). The van der Waals surface area contributed by atoms with E-state index in [-0.39, 0.29) is 11.6 Å². The molecule has 0 aromatic heterocycles. The number of fused-ring (bicyclic) bond motifs is 1. The Labute approximate surface area is 116 Å². The van der Waals surface area contributed by atoms with Crippen LogP contribution in [0.5, 0.6) is 0 Å². The Kier molecular flexibility index (Phi) is 3.02. The molecule has 0 aliphatic heterocycles. The Hall–Kier alpha value is -2.92. The smallest absolute Gasteiger partial charge is 0.187 e. The van der Waals surface area contributed by atoms with Crippen LogP contribution in [0, 0.1) is 11.8 Å². The van der Waals surface area contributed by atoms with E-state index in [2.05, 4.69) is 11.8 Å². The van der Waals surface area contributed by atoms with Crippen molar-refractivity contribution in [2.45, 2.75) is 0 Å². The first-order valence-corrected chi connectivity index (χ1v) is 6.22. The van der Waals surface area contributed by atoms with Crippen LogP contribution in [-0.4, -0.2) is 11.6 Å². The van der Waals surface area contributed by atoms with Crippen molar-refractivity contribution in [3.05, 3.63) is 82.9 Å². The molecular formula is C18H10O2. The molecule has 0 bridgehead atoms. The van der Waals surface area contributed by atoms with Gasteiger partial charge in [-0.2, -0.15) is 0 Å². The molecule has 0 unspecified atom stereocenters. The first kappa shape index (κ1) is 12.1. The maximum absolute atomic E-state index is 12.0. The van der Waals surface area contributed by atoms with Gasteiger partial charge in [0.05, 0.1) is 0 Å². The summed E-state index contributed by atoms with van der Waals surface area (Å²) in [6.07, 6.45) is 2.61. The molecule has 0 fully saturated rings. The Morgan fingerprint density at radius 1 is 0.700 bits per heavy atom. The quantitative estimate of drug-likeness (QED) is 0.681. The Morgan fingerprint density at radius 3 is 2.25 bits per heavy atom. The van der Waals surface area contributed by atoms with Crippen LogP contribution in [0.15, 0.2) is 60.7 Å². The van der Waals surface area contributed by atoms with Crippen molar-refractivity contribution >= 4 is 11.6 Å². The van der Waals surface area contributed by atoms with Gasteiger partial charge >= 0.3 is 0 Å². The summed E-state index contributed by atoms with van der Waals surface area (Å²) in [5.41, 5.74) is 2.30. The monoisotopic (exact) mass is 258 g/mol. The summed E-state index contributed by atoms with van der Waals surface area (Å²) in [4.78, 5) is 23.7. The molecule has 2 aromatic rings. The highest BCUT2D eigenvalue weighted by molar-refractivity contribution is 6.22. The van der Waals surface area contributed by atoms with E-state index < -0.39 is 0 Å². The van der Waals surface area contributed by atoms with Crippen LogP contribution in [0.25, 0.3) is 0 Å². The molecule has 20 heavy (non-hydrogen) atoms. The molecule has 0 spiro atoms. The Morgan fingerprint density at radius 2 is 1.45 bits per heavy atom. The van der Waals surface area contributed by atoms with Gasteiger partial charge in [0, 0.05) is 22.3 Å². The summed E-state index contributed by atoms with van der Waals surface area (Å²) < 4.78 is 0. The van der Waals surface area contributed by atoms with E-state index in [0.29, 0.717) is 16.7 Å². The number of benzene rings is 2. The van der Waals surface area contributed by atoms with E-state index in [1.54, 1.807) is 18.2 Å². The molecule has 0 radical (unpaired) electrons. The molecule has 2 nitrogen and oxygen atoms in total. The fraction of sp³-hybridized carbons (Fsp3) is 0. The highest BCUT2D eigenvalue weighted by Gasteiger charge is 2.21. The van der Waals surface area contributed by atoms with E-state index in [9.17, 15) is 9.59 Å². The van der Waals surface area contributed by atoms with Gasteiger partial charge in [0.25, 0.3) is 0 Å². The third kappa shape index (κ3) is 2.17. The Balaban J connectivity index is 2.10. The molecule has 1 aliphatic rings. The minimum atomic E-state index is -0.169. The second-order valence-electron chi connectivity index (χ2n) is 4.41. The number of hydrogen-bond donors (Lipinski definition) is 0. The molecule has 0 amide bonds.